The van der Waals surface area contributed by atoms with Gasteiger partial charge in [0.25, 0.3) is 0 Å². The van der Waals surface area contributed by atoms with Crippen LogP contribution in [0.5, 0.6) is 0 Å². The average molecular weight is 117 g/mol. The standard InChI is InChI=1S/C7H3NO/c1-2-4-7-6(3-1)5-8-9-7/h1,3,5H. The average Bonchev–Trinajstić information content (AvgIpc) is 2.33. The number of hydrogen-bond acceptors (Lipinski definition) is 2. The zero-order valence-electron chi connectivity index (χ0n) is 4.59. The summed E-state index contributed by atoms with van der Waals surface area (Å²) in [7, 11) is 0. The first-order valence-corrected chi connectivity index (χ1v) is 2.59. The molecule has 0 atom stereocenters. The molecular weight excluding hydrogens is 114 g/mol. The van der Waals surface area contributed by atoms with Crippen LogP contribution in [0.2, 0.25) is 0 Å². The van der Waals surface area contributed by atoms with E-state index in [0.717, 1.165) is 5.39 Å². The lowest BCUT2D eigenvalue weighted by Crippen LogP contribution is -1.54. The Labute approximate surface area is 52.1 Å². The summed E-state index contributed by atoms with van der Waals surface area (Å²) < 4.78 is 4.78. The highest BCUT2D eigenvalue weighted by atomic mass is 16.5. The van der Waals surface area contributed by atoms with E-state index >= 15 is 0 Å². The molecule has 1 aromatic carbocycles. The third-order valence-electron chi connectivity index (χ3n) is 1.13. The summed E-state index contributed by atoms with van der Waals surface area (Å²) in [5.74, 6) is 0. The fraction of sp³-hybridized carbons (Fsp3) is 0. The van der Waals surface area contributed by atoms with Gasteiger partial charge >= 0.3 is 0 Å². The van der Waals surface area contributed by atoms with Crippen LogP contribution in [0.4, 0.5) is 0 Å². The van der Waals surface area contributed by atoms with Gasteiger partial charge in [-0.1, -0.05) is 11.2 Å². The van der Waals surface area contributed by atoms with Crippen LogP contribution < -0.4 is 0 Å². The summed E-state index contributed by atoms with van der Waals surface area (Å²) in [6, 6.07) is 9.19. The fourth-order valence-electron chi connectivity index (χ4n) is 0.700. The summed E-state index contributed by atoms with van der Waals surface area (Å²) in [5.41, 5.74) is 0.664. The van der Waals surface area contributed by atoms with Crippen molar-refractivity contribution in [1.29, 1.82) is 0 Å². The van der Waals surface area contributed by atoms with Crippen LogP contribution in [0.15, 0.2) is 22.9 Å². The number of fused-ring (bicyclic) bond motifs is 1. The Bertz CT molecular complexity index is 283. The number of rotatable bonds is 0. The highest BCUT2D eigenvalue weighted by Crippen LogP contribution is 2.06. The van der Waals surface area contributed by atoms with Crippen molar-refractivity contribution in [2.75, 3.05) is 0 Å². The van der Waals surface area contributed by atoms with E-state index < -0.39 is 0 Å². The number of aromatic nitrogens is 1. The Kier molecular flexibility index (Phi) is 0.729. The summed E-state index contributed by atoms with van der Waals surface area (Å²) in [5, 5.41) is 4.54. The van der Waals surface area contributed by atoms with E-state index in [1.54, 1.807) is 12.3 Å². The number of hydrogen-bond donors (Lipinski definition) is 0. The monoisotopic (exact) mass is 117 g/mol. The van der Waals surface area contributed by atoms with Gasteiger partial charge in [-0.05, 0) is 18.2 Å². The molecule has 42 valence electrons. The highest BCUT2D eigenvalue weighted by Gasteiger charge is 1.90. The van der Waals surface area contributed by atoms with Gasteiger partial charge in [0.05, 0.1) is 11.6 Å². The zero-order valence-corrected chi connectivity index (χ0v) is 4.59. The van der Waals surface area contributed by atoms with Crippen molar-refractivity contribution >= 4 is 11.0 Å². The first-order valence-electron chi connectivity index (χ1n) is 2.59. The van der Waals surface area contributed by atoms with Crippen molar-refractivity contribution in [3.05, 3.63) is 30.5 Å². The summed E-state index contributed by atoms with van der Waals surface area (Å²) >= 11 is 0. The lowest BCUT2D eigenvalue weighted by molar-refractivity contribution is 0.456. The van der Waals surface area contributed by atoms with Crippen molar-refractivity contribution in [2.45, 2.75) is 0 Å². The third kappa shape index (κ3) is 0.550. The van der Waals surface area contributed by atoms with Crippen molar-refractivity contribution in [2.24, 2.45) is 0 Å². The molecule has 0 amide bonds. The molecule has 0 radical (unpaired) electrons. The lowest BCUT2D eigenvalue weighted by atomic mass is 10.3. The molecule has 0 bridgehead atoms. The molecule has 0 aliphatic carbocycles. The van der Waals surface area contributed by atoms with Gasteiger partial charge in [-0.15, -0.1) is 0 Å². The maximum absolute atomic E-state index is 4.78. The number of nitrogens with zero attached hydrogens (tertiary/aromatic N) is 1. The molecular formula is C7H3NO. The van der Waals surface area contributed by atoms with Gasteiger partial charge in [-0.25, -0.2) is 0 Å². The van der Waals surface area contributed by atoms with Crippen LogP contribution in [-0.2, 0) is 0 Å². The largest absolute Gasteiger partial charge is 0.347 e. The van der Waals surface area contributed by atoms with Crippen LogP contribution in [0.1, 0.15) is 0 Å². The molecule has 0 saturated carbocycles. The van der Waals surface area contributed by atoms with E-state index in [9.17, 15) is 0 Å². The normalized spacial score (nSPS) is 9.33. The van der Waals surface area contributed by atoms with Crippen molar-refractivity contribution in [1.82, 2.24) is 5.16 Å². The minimum atomic E-state index is 0.664. The first kappa shape index (κ1) is 4.39. The Balaban J connectivity index is 2.95. The molecule has 0 unspecified atom stereocenters. The summed E-state index contributed by atoms with van der Waals surface area (Å²) in [6.45, 7) is 0. The zero-order chi connectivity index (χ0) is 6.10. The maximum atomic E-state index is 4.78. The van der Waals surface area contributed by atoms with E-state index in [1.807, 2.05) is 6.07 Å². The van der Waals surface area contributed by atoms with E-state index in [-0.39, 0.29) is 0 Å². The molecule has 0 aliphatic rings. The topological polar surface area (TPSA) is 26.0 Å². The van der Waals surface area contributed by atoms with Crippen LogP contribution in [0.3, 0.4) is 0 Å². The summed E-state index contributed by atoms with van der Waals surface area (Å²) in [6.07, 6.45) is 1.65. The smallest absolute Gasteiger partial charge is 0.217 e. The second kappa shape index (κ2) is 1.49. The highest BCUT2D eigenvalue weighted by molar-refractivity contribution is 5.73. The molecule has 0 N–H and O–H groups in total. The Hall–Kier alpha value is -1.49. The van der Waals surface area contributed by atoms with E-state index in [1.165, 1.54) is 0 Å². The molecule has 2 heteroatoms. The van der Waals surface area contributed by atoms with Gasteiger partial charge in [0.1, 0.15) is 0 Å². The second-order valence-electron chi connectivity index (χ2n) is 1.71. The van der Waals surface area contributed by atoms with Gasteiger partial charge in [0.2, 0.25) is 5.58 Å². The molecule has 0 aliphatic heterocycles. The minimum absolute atomic E-state index is 0.664. The van der Waals surface area contributed by atoms with Crippen LogP contribution >= 0.6 is 0 Å². The van der Waals surface area contributed by atoms with Gasteiger partial charge in [-0.3, -0.25) is 0 Å². The quantitative estimate of drug-likeness (QED) is 0.521. The van der Waals surface area contributed by atoms with Crippen LogP contribution in [0, 0.1) is 12.1 Å². The van der Waals surface area contributed by atoms with Gasteiger partial charge in [0.15, 0.2) is 0 Å². The minimum Gasteiger partial charge on any atom is -0.347 e. The molecule has 1 aromatic heterocycles. The van der Waals surface area contributed by atoms with Crippen LogP contribution in [-0.4, -0.2) is 5.16 Å². The molecule has 0 spiro atoms. The predicted molar refractivity (Wildman–Crippen MR) is 31.7 cm³/mol. The fourth-order valence-corrected chi connectivity index (χ4v) is 0.700. The second-order valence-corrected chi connectivity index (χ2v) is 1.71. The van der Waals surface area contributed by atoms with Crippen molar-refractivity contribution in [3.8, 4) is 0 Å². The van der Waals surface area contributed by atoms with Crippen molar-refractivity contribution in [3.63, 3.8) is 0 Å². The van der Waals surface area contributed by atoms with Gasteiger partial charge in [0, 0.05) is 0 Å². The third-order valence-corrected chi connectivity index (χ3v) is 1.13. The molecule has 0 saturated heterocycles. The molecule has 2 aromatic rings. The van der Waals surface area contributed by atoms with Gasteiger partial charge in [-0.2, -0.15) is 0 Å². The molecule has 2 rings (SSSR count). The van der Waals surface area contributed by atoms with E-state index in [2.05, 4.69) is 17.3 Å². The Morgan fingerprint density at radius 3 is 3.44 bits per heavy atom. The van der Waals surface area contributed by atoms with Crippen molar-refractivity contribution < 1.29 is 4.52 Å². The Morgan fingerprint density at radius 1 is 1.56 bits per heavy atom. The first-order chi connectivity index (χ1) is 4.47. The maximum Gasteiger partial charge on any atom is 0.217 e. The molecule has 1 heterocycles. The van der Waals surface area contributed by atoms with E-state index in [0.29, 0.717) is 5.58 Å². The lowest BCUT2D eigenvalue weighted by Gasteiger charge is -1.72. The summed E-state index contributed by atoms with van der Waals surface area (Å²) in [4.78, 5) is 0. The van der Waals surface area contributed by atoms with Crippen LogP contribution in [0.25, 0.3) is 11.0 Å². The SMILES string of the molecule is c1ccc2cnoc2c#1. The van der Waals surface area contributed by atoms with E-state index in [4.69, 9.17) is 4.52 Å². The molecule has 9 heavy (non-hydrogen) atoms. The Morgan fingerprint density at radius 2 is 2.56 bits per heavy atom. The van der Waals surface area contributed by atoms with Gasteiger partial charge < -0.3 is 4.52 Å². The predicted octanol–water partition coefficient (Wildman–Crippen LogP) is 1.43. The molecule has 2 nitrogen and oxygen atoms in total. The molecule has 0 fully saturated rings.